The van der Waals surface area contributed by atoms with E-state index in [1.807, 2.05) is 30.3 Å². The Balaban J connectivity index is 2.04. The SMILES string of the molecule is C#CCSc1nc(Nc2cccc(Cl)c2)c2ccncc2n1. The molecular weight excluding hydrogens is 316 g/mol. The number of anilines is 2. The first-order chi connectivity index (χ1) is 10.8. The molecule has 3 aromatic rings. The molecule has 1 aromatic carbocycles. The van der Waals surface area contributed by atoms with E-state index in [-0.39, 0.29) is 0 Å². The molecule has 3 rings (SSSR count). The van der Waals surface area contributed by atoms with Gasteiger partial charge >= 0.3 is 0 Å². The molecule has 0 amide bonds. The maximum Gasteiger partial charge on any atom is 0.191 e. The average molecular weight is 327 g/mol. The Labute approximate surface area is 137 Å². The van der Waals surface area contributed by atoms with Crippen LogP contribution in [0.1, 0.15) is 0 Å². The van der Waals surface area contributed by atoms with Gasteiger partial charge in [-0.25, -0.2) is 9.97 Å². The van der Waals surface area contributed by atoms with Gasteiger partial charge in [-0.2, -0.15) is 0 Å². The molecule has 6 heteroatoms. The van der Waals surface area contributed by atoms with Crippen LogP contribution in [0.15, 0.2) is 47.9 Å². The molecule has 0 bridgehead atoms. The number of thioether (sulfide) groups is 1. The molecule has 0 aliphatic rings. The molecule has 0 spiro atoms. The predicted molar refractivity (Wildman–Crippen MR) is 91.6 cm³/mol. The van der Waals surface area contributed by atoms with Crippen molar-refractivity contribution < 1.29 is 0 Å². The Morgan fingerprint density at radius 2 is 2.18 bits per heavy atom. The summed E-state index contributed by atoms with van der Waals surface area (Å²) >= 11 is 7.43. The van der Waals surface area contributed by atoms with Gasteiger partial charge < -0.3 is 5.32 Å². The van der Waals surface area contributed by atoms with Crippen LogP contribution in [0.5, 0.6) is 0 Å². The lowest BCUT2D eigenvalue weighted by atomic mass is 10.2. The second kappa shape index (κ2) is 6.65. The lowest BCUT2D eigenvalue weighted by Gasteiger charge is -2.10. The number of benzene rings is 1. The smallest absolute Gasteiger partial charge is 0.191 e. The van der Waals surface area contributed by atoms with E-state index in [1.165, 1.54) is 11.8 Å². The van der Waals surface area contributed by atoms with Crippen LogP contribution < -0.4 is 5.32 Å². The van der Waals surface area contributed by atoms with Crippen molar-refractivity contribution in [3.63, 3.8) is 0 Å². The Morgan fingerprint density at radius 1 is 1.27 bits per heavy atom. The van der Waals surface area contributed by atoms with Crippen LogP contribution in [0, 0.1) is 12.3 Å². The van der Waals surface area contributed by atoms with Crippen LogP contribution in [0.3, 0.4) is 0 Å². The summed E-state index contributed by atoms with van der Waals surface area (Å²) in [6, 6.07) is 9.34. The van der Waals surface area contributed by atoms with Gasteiger partial charge in [0.15, 0.2) is 5.16 Å². The summed E-state index contributed by atoms with van der Waals surface area (Å²) in [6.07, 6.45) is 8.72. The van der Waals surface area contributed by atoms with Crippen molar-refractivity contribution in [2.24, 2.45) is 0 Å². The molecule has 2 aromatic heterocycles. The van der Waals surface area contributed by atoms with Crippen LogP contribution in [0.4, 0.5) is 11.5 Å². The fourth-order valence-corrected chi connectivity index (χ4v) is 2.65. The van der Waals surface area contributed by atoms with Gasteiger partial charge in [0, 0.05) is 22.3 Å². The highest BCUT2D eigenvalue weighted by Crippen LogP contribution is 2.27. The van der Waals surface area contributed by atoms with E-state index in [9.17, 15) is 0 Å². The number of hydrogen-bond acceptors (Lipinski definition) is 5. The van der Waals surface area contributed by atoms with Crippen molar-refractivity contribution in [1.29, 1.82) is 0 Å². The zero-order valence-electron chi connectivity index (χ0n) is 11.5. The van der Waals surface area contributed by atoms with Gasteiger partial charge in [0.1, 0.15) is 5.82 Å². The fourth-order valence-electron chi connectivity index (χ4n) is 1.93. The number of rotatable bonds is 4. The van der Waals surface area contributed by atoms with E-state index >= 15 is 0 Å². The summed E-state index contributed by atoms with van der Waals surface area (Å²) < 4.78 is 0. The van der Waals surface area contributed by atoms with Gasteiger partial charge in [0.05, 0.1) is 17.5 Å². The Morgan fingerprint density at radius 3 is 3.00 bits per heavy atom. The third-order valence-electron chi connectivity index (χ3n) is 2.85. The highest BCUT2D eigenvalue weighted by atomic mass is 35.5. The maximum absolute atomic E-state index is 6.02. The molecule has 22 heavy (non-hydrogen) atoms. The van der Waals surface area contributed by atoms with E-state index < -0.39 is 0 Å². The minimum atomic E-state index is 0.516. The van der Waals surface area contributed by atoms with Crippen molar-refractivity contribution >= 4 is 45.8 Å². The molecule has 0 unspecified atom stereocenters. The number of terminal acetylenes is 1. The summed E-state index contributed by atoms with van der Waals surface area (Å²) in [5, 5.41) is 5.44. The summed E-state index contributed by atoms with van der Waals surface area (Å²) in [6.45, 7) is 0. The summed E-state index contributed by atoms with van der Waals surface area (Å²) in [4.78, 5) is 13.1. The molecule has 0 saturated heterocycles. The average Bonchev–Trinajstić information content (AvgIpc) is 2.53. The van der Waals surface area contributed by atoms with Crippen LogP contribution in [0.2, 0.25) is 5.02 Å². The number of pyridine rings is 1. The van der Waals surface area contributed by atoms with Crippen LogP contribution >= 0.6 is 23.4 Å². The Hall–Kier alpha value is -2.29. The van der Waals surface area contributed by atoms with Crippen LogP contribution in [0.25, 0.3) is 10.9 Å². The molecule has 0 aliphatic carbocycles. The molecular formula is C16H11ClN4S. The highest BCUT2D eigenvalue weighted by molar-refractivity contribution is 7.99. The quantitative estimate of drug-likeness (QED) is 0.443. The monoisotopic (exact) mass is 326 g/mol. The second-order valence-corrected chi connectivity index (χ2v) is 5.75. The van der Waals surface area contributed by atoms with Gasteiger partial charge in [0.2, 0.25) is 0 Å². The first-order valence-electron chi connectivity index (χ1n) is 6.47. The third-order valence-corrected chi connectivity index (χ3v) is 3.84. The lowest BCUT2D eigenvalue weighted by Crippen LogP contribution is -1.99. The third kappa shape index (κ3) is 3.30. The molecule has 108 valence electrons. The molecule has 0 radical (unpaired) electrons. The van der Waals surface area contributed by atoms with Gasteiger partial charge in [-0.3, -0.25) is 4.98 Å². The molecule has 0 saturated carbocycles. The van der Waals surface area contributed by atoms with Crippen molar-refractivity contribution in [2.75, 3.05) is 11.1 Å². The highest BCUT2D eigenvalue weighted by Gasteiger charge is 2.08. The standard InChI is InChI=1S/C16H11ClN4S/c1-2-8-22-16-20-14-10-18-7-6-13(14)15(21-16)19-12-5-3-4-11(17)9-12/h1,3-7,9-10H,8H2,(H,19,20,21). The topological polar surface area (TPSA) is 50.7 Å². The van der Waals surface area contributed by atoms with Gasteiger partial charge in [0.25, 0.3) is 0 Å². The van der Waals surface area contributed by atoms with Crippen LogP contribution in [-0.4, -0.2) is 20.7 Å². The number of aromatic nitrogens is 3. The Kier molecular flexibility index (Phi) is 4.42. The fraction of sp³-hybridized carbons (Fsp3) is 0.0625. The summed E-state index contributed by atoms with van der Waals surface area (Å²) in [5.74, 6) is 3.79. The molecule has 4 nitrogen and oxygen atoms in total. The molecule has 0 atom stereocenters. The van der Waals surface area contributed by atoms with E-state index in [0.29, 0.717) is 21.7 Å². The van der Waals surface area contributed by atoms with E-state index in [2.05, 4.69) is 26.2 Å². The van der Waals surface area contributed by atoms with Gasteiger partial charge in [-0.1, -0.05) is 35.3 Å². The number of fused-ring (bicyclic) bond motifs is 1. The number of nitrogens with one attached hydrogen (secondary N) is 1. The minimum absolute atomic E-state index is 0.516. The molecule has 2 heterocycles. The largest absolute Gasteiger partial charge is 0.340 e. The van der Waals surface area contributed by atoms with Crippen molar-refractivity contribution in [1.82, 2.24) is 15.0 Å². The predicted octanol–water partition coefficient (Wildman–Crippen LogP) is 4.15. The first kappa shape index (κ1) is 14.6. The second-order valence-electron chi connectivity index (χ2n) is 4.38. The molecule has 1 N–H and O–H groups in total. The molecule has 0 aliphatic heterocycles. The normalized spacial score (nSPS) is 10.4. The van der Waals surface area contributed by atoms with E-state index in [4.69, 9.17) is 18.0 Å². The van der Waals surface area contributed by atoms with Crippen molar-refractivity contribution in [3.8, 4) is 12.3 Å². The summed E-state index contributed by atoms with van der Waals surface area (Å²) in [7, 11) is 0. The minimum Gasteiger partial charge on any atom is -0.340 e. The van der Waals surface area contributed by atoms with E-state index in [1.54, 1.807) is 12.4 Å². The lowest BCUT2D eigenvalue weighted by molar-refractivity contribution is 1.01. The van der Waals surface area contributed by atoms with Crippen molar-refractivity contribution in [3.05, 3.63) is 47.7 Å². The first-order valence-corrected chi connectivity index (χ1v) is 7.83. The number of hydrogen-bond donors (Lipinski definition) is 1. The molecule has 0 fully saturated rings. The van der Waals surface area contributed by atoms with Gasteiger partial charge in [-0.05, 0) is 24.3 Å². The van der Waals surface area contributed by atoms with Crippen molar-refractivity contribution in [2.45, 2.75) is 5.16 Å². The number of halogens is 1. The maximum atomic E-state index is 6.02. The zero-order chi connectivity index (χ0) is 15.4. The Bertz CT molecular complexity index is 860. The van der Waals surface area contributed by atoms with E-state index in [0.717, 1.165) is 16.6 Å². The van der Waals surface area contributed by atoms with Gasteiger partial charge in [-0.15, -0.1) is 6.42 Å². The summed E-state index contributed by atoms with van der Waals surface area (Å²) in [5.41, 5.74) is 1.62. The van der Waals surface area contributed by atoms with Crippen LogP contribution in [-0.2, 0) is 0 Å². The zero-order valence-corrected chi connectivity index (χ0v) is 13.0. The number of nitrogens with zero attached hydrogens (tertiary/aromatic N) is 3.